The first-order chi connectivity index (χ1) is 9.94. The van der Waals surface area contributed by atoms with E-state index in [-0.39, 0.29) is 22.8 Å². The highest BCUT2D eigenvalue weighted by Gasteiger charge is 2.25. The van der Waals surface area contributed by atoms with Crippen LogP contribution in [0.3, 0.4) is 0 Å². The summed E-state index contributed by atoms with van der Waals surface area (Å²) in [6.07, 6.45) is 2.44. The number of rotatable bonds is 6. The van der Waals surface area contributed by atoms with Crippen LogP contribution in [0.25, 0.3) is 0 Å². The van der Waals surface area contributed by atoms with E-state index in [1.807, 2.05) is 31.4 Å². The van der Waals surface area contributed by atoms with Gasteiger partial charge in [-0.3, -0.25) is 5.43 Å². The molecule has 0 saturated heterocycles. The van der Waals surface area contributed by atoms with Crippen molar-refractivity contribution in [3.63, 3.8) is 0 Å². The molecular formula is C12H17N5O2S2. The monoisotopic (exact) mass is 327 g/mol. The van der Waals surface area contributed by atoms with Crippen molar-refractivity contribution in [2.45, 2.75) is 24.8 Å². The third-order valence-electron chi connectivity index (χ3n) is 2.87. The van der Waals surface area contributed by atoms with Gasteiger partial charge in [0.1, 0.15) is 4.90 Å². The van der Waals surface area contributed by atoms with E-state index in [0.29, 0.717) is 0 Å². The lowest BCUT2D eigenvalue weighted by Crippen LogP contribution is -2.31. The summed E-state index contributed by atoms with van der Waals surface area (Å²) in [4.78, 5) is 8.60. The van der Waals surface area contributed by atoms with E-state index in [4.69, 9.17) is 5.84 Å². The molecule has 0 saturated carbocycles. The van der Waals surface area contributed by atoms with E-state index < -0.39 is 10.0 Å². The van der Waals surface area contributed by atoms with Crippen molar-refractivity contribution in [3.05, 3.63) is 34.8 Å². The summed E-state index contributed by atoms with van der Waals surface area (Å²) in [5, 5.41) is 1.92. The summed E-state index contributed by atoms with van der Waals surface area (Å²) in [5.74, 6) is 5.43. The normalized spacial score (nSPS) is 13.3. The zero-order valence-electron chi connectivity index (χ0n) is 11.6. The fourth-order valence-corrected chi connectivity index (χ4v) is 4.03. The molecule has 0 amide bonds. The largest absolute Gasteiger partial charge is 0.292 e. The van der Waals surface area contributed by atoms with Crippen LogP contribution < -0.4 is 16.0 Å². The molecule has 2 rings (SSSR count). The second-order valence-corrected chi connectivity index (χ2v) is 7.44. The number of thiophene rings is 1. The van der Waals surface area contributed by atoms with Gasteiger partial charge in [-0.2, -0.15) is 0 Å². The zero-order valence-corrected chi connectivity index (χ0v) is 13.3. The van der Waals surface area contributed by atoms with Gasteiger partial charge in [0, 0.05) is 4.88 Å². The minimum Gasteiger partial charge on any atom is -0.292 e. The smallest absolute Gasteiger partial charge is 0.244 e. The Labute approximate surface area is 127 Å². The molecule has 1 atom stereocenters. The maximum atomic E-state index is 12.4. The number of hydrogen-bond donors (Lipinski definition) is 3. The number of hydrazine groups is 1. The number of aromatic nitrogens is 2. The zero-order chi connectivity index (χ0) is 15.5. The quantitative estimate of drug-likeness (QED) is 0.548. The van der Waals surface area contributed by atoms with Crippen molar-refractivity contribution in [1.29, 1.82) is 0 Å². The highest BCUT2D eigenvalue weighted by molar-refractivity contribution is 7.89. The van der Waals surface area contributed by atoms with Gasteiger partial charge in [-0.25, -0.2) is 29.0 Å². The van der Waals surface area contributed by atoms with Crippen LogP contribution in [-0.4, -0.2) is 18.4 Å². The summed E-state index contributed by atoms with van der Waals surface area (Å²) in [6, 6.07) is 3.52. The van der Waals surface area contributed by atoms with Crippen LogP contribution in [-0.2, 0) is 10.0 Å². The Morgan fingerprint density at radius 1 is 1.29 bits per heavy atom. The van der Waals surface area contributed by atoms with Gasteiger partial charge in [0.25, 0.3) is 0 Å². The Hall–Kier alpha value is -1.55. The van der Waals surface area contributed by atoms with Crippen LogP contribution in [0, 0.1) is 5.92 Å². The Kier molecular flexibility index (Phi) is 4.88. The van der Waals surface area contributed by atoms with E-state index >= 15 is 0 Å². The van der Waals surface area contributed by atoms with Crippen LogP contribution in [0.5, 0.6) is 0 Å². The standard InChI is InChI=1S/C12H17N5O2S2/c1-8(2)11(10-4-3-5-20-10)17-21(18,19)9-6-14-12(16-13)15-7-9/h3-8,11,17H,13H2,1-2H3,(H,14,15,16). The molecule has 0 bridgehead atoms. The van der Waals surface area contributed by atoms with Crippen LogP contribution in [0.2, 0.25) is 0 Å². The van der Waals surface area contributed by atoms with Crippen molar-refractivity contribution >= 4 is 27.3 Å². The molecule has 0 aliphatic carbocycles. The summed E-state index contributed by atoms with van der Waals surface area (Å²) in [7, 11) is -3.69. The summed E-state index contributed by atoms with van der Waals surface area (Å²) >= 11 is 1.52. The maximum absolute atomic E-state index is 12.4. The second-order valence-electron chi connectivity index (χ2n) is 4.75. The van der Waals surface area contributed by atoms with Crippen LogP contribution >= 0.6 is 11.3 Å². The van der Waals surface area contributed by atoms with Crippen molar-refractivity contribution < 1.29 is 8.42 Å². The molecule has 0 fully saturated rings. The van der Waals surface area contributed by atoms with Gasteiger partial charge in [0.15, 0.2) is 0 Å². The highest BCUT2D eigenvalue weighted by atomic mass is 32.2. The molecule has 0 aliphatic rings. The van der Waals surface area contributed by atoms with Crippen molar-refractivity contribution in [2.24, 2.45) is 11.8 Å². The number of anilines is 1. The lowest BCUT2D eigenvalue weighted by Gasteiger charge is -2.21. The van der Waals surface area contributed by atoms with Crippen molar-refractivity contribution in [2.75, 3.05) is 5.43 Å². The molecule has 2 heterocycles. The Balaban J connectivity index is 2.26. The molecule has 114 valence electrons. The first-order valence-electron chi connectivity index (χ1n) is 6.28. The molecule has 2 aromatic heterocycles. The predicted molar refractivity (Wildman–Crippen MR) is 82.1 cm³/mol. The van der Waals surface area contributed by atoms with Gasteiger partial charge in [0.2, 0.25) is 16.0 Å². The fourth-order valence-electron chi connectivity index (χ4n) is 1.76. The van der Waals surface area contributed by atoms with Gasteiger partial charge in [-0.05, 0) is 17.4 Å². The third kappa shape index (κ3) is 3.76. The molecule has 2 aromatic rings. The predicted octanol–water partition coefficient (Wildman–Crippen LogP) is 1.50. The average molecular weight is 327 g/mol. The third-order valence-corrected chi connectivity index (χ3v) is 5.22. The van der Waals surface area contributed by atoms with Crippen LogP contribution in [0.1, 0.15) is 24.8 Å². The van der Waals surface area contributed by atoms with Gasteiger partial charge >= 0.3 is 0 Å². The van der Waals surface area contributed by atoms with Gasteiger partial charge in [0.05, 0.1) is 18.4 Å². The summed E-state index contributed by atoms with van der Waals surface area (Å²) < 4.78 is 27.5. The summed E-state index contributed by atoms with van der Waals surface area (Å²) in [6.45, 7) is 3.93. The summed E-state index contributed by atoms with van der Waals surface area (Å²) in [5.41, 5.74) is 2.25. The van der Waals surface area contributed by atoms with E-state index in [9.17, 15) is 8.42 Å². The van der Waals surface area contributed by atoms with E-state index in [2.05, 4.69) is 20.1 Å². The van der Waals surface area contributed by atoms with Crippen molar-refractivity contribution in [1.82, 2.24) is 14.7 Å². The average Bonchev–Trinajstić information content (AvgIpc) is 2.98. The van der Waals surface area contributed by atoms with Crippen LogP contribution in [0.4, 0.5) is 5.95 Å². The Morgan fingerprint density at radius 3 is 2.43 bits per heavy atom. The molecule has 0 spiro atoms. The number of nitrogen functional groups attached to an aromatic ring is 1. The molecule has 7 nitrogen and oxygen atoms in total. The molecular weight excluding hydrogens is 310 g/mol. The number of hydrogen-bond acceptors (Lipinski definition) is 7. The van der Waals surface area contributed by atoms with Crippen LogP contribution in [0.15, 0.2) is 34.8 Å². The second kappa shape index (κ2) is 6.48. The molecule has 21 heavy (non-hydrogen) atoms. The number of nitrogens with zero attached hydrogens (tertiary/aromatic N) is 2. The maximum Gasteiger partial charge on any atom is 0.244 e. The number of sulfonamides is 1. The first-order valence-corrected chi connectivity index (χ1v) is 8.64. The van der Waals surface area contributed by atoms with Gasteiger partial charge < -0.3 is 0 Å². The number of nitrogens with two attached hydrogens (primary N) is 1. The van der Waals surface area contributed by atoms with E-state index in [1.54, 1.807) is 0 Å². The van der Waals surface area contributed by atoms with E-state index in [1.165, 1.54) is 23.7 Å². The lowest BCUT2D eigenvalue weighted by molar-refractivity contribution is 0.468. The lowest BCUT2D eigenvalue weighted by atomic mass is 10.0. The van der Waals surface area contributed by atoms with Gasteiger partial charge in [-0.1, -0.05) is 19.9 Å². The Morgan fingerprint density at radius 2 is 1.95 bits per heavy atom. The molecule has 0 radical (unpaired) electrons. The topological polar surface area (TPSA) is 110 Å². The molecule has 0 aliphatic heterocycles. The fraction of sp³-hybridized carbons (Fsp3) is 0.333. The minimum atomic E-state index is -3.69. The molecule has 0 aromatic carbocycles. The molecule has 4 N–H and O–H groups in total. The van der Waals surface area contributed by atoms with Crippen molar-refractivity contribution in [3.8, 4) is 0 Å². The molecule has 1 unspecified atom stereocenters. The highest BCUT2D eigenvalue weighted by Crippen LogP contribution is 2.27. The van der Waals surface area contributed by atoms with Gasteiger partial charge in [-0.15, -0.1) is 11.3 Å². The SMILES string of the molecule is CC(C)C(NS(=O)(=O)c1cnc(NN)nc1)c1cccs1. The Bertz CT molecular complexity index is 668. The van der Waals surface area contributed by atoms with E-state index in [0.717, 1.165) is 4.88 Å². The number of nitrogens with one attached hydrogen (secondary N) is 2. The minimum absolute atomic E-state index is 0.00343. The first kappa shape index (κ1) is 15.8. The molecule has 9 heteroatoms.